The Morgan fingerprint density at radius 2 is 1.97 bits per heavy atom. The predicted octanol–water partition coefficient (Wildman–Crippen LogP) is 2.36. The predicted molar refractivity (Wildman–Crippen MR) is 110 cm³/mol. The first-order valence-electron chi connectivity index (χ1n) is 10.1. The van der Waals surface area contributed by atoms with Crippen LogP contribution < -0.4 is 10.5 Å². The lowest BCUT2D eigenvalue weighted by atomic mass is 9.78. The lowest BCUT2D eigenvalue weighted by Gasteiger charge is -2.45. The normalized spacial score (nSPS) is 18.9. The topological polar surface area (TPSA) is 85.0 Å². The fraction of sp³-hybridized carbons (Fsp3) is 0.435. The van der Waals surface area contributed by atoms with Crippen molar-refractivity contribution < 1.29 is 19.4 Å². The summed E-state index contributed by atoms with van der Waals surface area (Å²) in [6.07, 6.45) is 2.80. The average molecular weight is 396 g/mol. The average Bonchev–Trinajstić information content (AvgIpc) is 2.75. The number of hydrogen-bond donors (Lipinski definition) is 2. The molecule has 1 spiro atoms. The van der Waals surface area contributed by atoms with Gasteiger partial charge in [-0.1, -0.05) is 24.3 Å². The summed E-state index contributed by atoms with van der Waals surface area (Å²) in [6, 6.07) is 12.4. The van der Waals surface area contributed by atoms with Crippen molar-refractivity contribution in [3.05, 3.63) is 59.2 Å². The van der Waals surface area contributed by atoms with Crippen molar-refractivity contribution in [2.75, 3.05) is 26.8 Å². The number of hydrogen-bond acceptors (Lipinski definition) is 5. The van der Waals surface area contributed by atoms with E-state index in [1.165, 1.54) is 5.56 Å². The van der Waals surface area contributed by atoms with Crippen LogP contribution in [0.1, 0.15) is 29.5 Å². The van der Waals surface area contributed by atoms with Gasteiger partial charge in [0.05, 0.1) is 19.8 Å². The number of carbonyl (C=O) groups is 1. The largest absolute Gasteiger partial charge is 0.508 e. The van der Waals surface area contributed by atoms with E-state index in [0.29, 0.717) is 26.1 Å². The summed E-state index contributed by atoms with van der Waals surface area (Å²) in [4.78, 5) is 14.7. The standard InChI is InChI=1S/C23H28N2O4/c1-28-20-4-2-3-17-9-14-29-23(21(17)20)10-12-25(13-11-23)22(27)19(24)15-16-5-7-18(26)8-6-16/h2-8,19,26H,9-15,24H2,1H3/t19-/m1/s1. The van der Waals surface area contributed by atoms with Gasteiger partial charge in [-0.25, -0.2) is 0 Å². The van der Waals surface area contributed by atoms with Crippen LogP contribution in [0, 0.1) is 0 Å². The van der Waals surface area contributed by atoms with Crippen LogP contribution in [0.25, 0.3) is 0 Å². The molecule has 4 rings (SSSR count). The Kier molecular flexibility index (Phi) is 5.48. The molecule has 154 valence electrons. The van der Waals surface area contributed by atoms with Gasteiger partial charge in [0.1, 0.15) is 17.1 Å². The van der Waals surface area contributed by atoms with Gasteiger partial charge >= 0.3 is 0 Å². The molecule has 2 aliphatic heterocycles. The lowest BCUT2D eigenvalue weighted by Crippen LogP contribution is -2.52. The van der Waals surface area contributed by atoms with E-state index >= 15 is 0 Å². The Hall–Kier alpha value is -2.57. The number of likely N-dealkylation sites (tertiary alicyclic amines) is 1. The maximum Gasteiger partial charge on any atom is 0.239 e. The van der Waals surface area contributed by atoms with Crippen LogP contribution in [0.4, 0.5) is 0 Å². The number of ether oxygens (including phenoxy) is 2. The molecule has 2 aromatic rings. The maximum absolute atomic E-state index is 12.9. The summed E-state index contributed by atoms with van der Waals surface area (Å²) in [5, 5.41) is 9.40. The summed E-state index contributed by atoms with van der Waals surface area (Å²) in [7, 11) is 1.69. The molecule has 1 fully saturated rings. The quantitative estimate of drug-likeness (QED) is 0.829. The third-order valence-electron chi connectivity index (χ3n) is 6.13. The van der Waals surface area contributed by atoms with Gasteiger partial charge in [0, 0.05) is 18.7 Å². The first-order chi connectivity index (χ1) is 14.0. The second-order valence-corrected chi connectivity index (χ2v) is 7.89. The number of benzene rings is 2. The lowest BCUT2D eigenvalue weighted by molar-refractivity contribution is -0.142. The van der Waals surface area contributed by atoms with E-state index in [9.17, 15) is 9.90 Å². The molecular weight excluding hydrogens is 368 g/mol. The summed E-state index contributed by atoms with van der Waals surface area (Å²) >= 11 is 0. The zero-order chi connectivity index (χ0) is 20.4. The van der Waals surface area contributed by atoms with Gasteiger partial charge in [-0.2, -0.15) is 0 Å². The number of nitrogens with zero attached hydrogens (tertiary/aromatic N) is 1. The Balaban J connectivity index is 1.45. The van der Waals surface area contributed by atoms with Gasteiger partial charge in [-0.05, 0) is 55.0 Å². The molecule has 0 saturated carbocycles. The summed E-state index contributed by atoms with van der Waals surface area (Å²) in [5.74, 6) is 1.04. The van der Waals surface area contributed by atoms with Crippen molar-refractivity contribution in [1.29, 1.82) is 0 Å². The van der Waals surface area contributed by atoms with E-state index < -0.39 is 11.6 Å². The van der Waals surface area contributed by atoms with Crippen LogP contribution in [-0.4, -0.2) is 48.8 Å². The number of carbonyl (C=O) groups excluding carboxylic acids is 1. The van der Waals surface area contributed by atoms with Crippen molar-refractivity contribution in [2.45, 2.75) is 37.3 Å². The molecule has 3 N–H and O–H groups in total. The number of nitrogens with two attached hydrogens (primary N) is 1. The van der Waals surface area contributed by atoms with Crippen LogP contribution >= 0.6 is 0 Å². The Bertz CT molecular complexity index is 859. The summed E-state index contributed by atoms with van der Waals surface area (Å²) in [5.41, 5.74) is 9.18. The molecule has 6 nitrogen and oxygen atoms in total. The van der Waals surface area contributed by atoms with Gasteiger partial charge in [0.25, 0.3) is 0 Å². The maximum atomic E-state index is 12.9. The molecule has 29 heavy (non-hydrogen) atoms. The van der Waals surface area contributed by atoms with Crippen LogP contribution in [0.15, 0.2) is 42.5 Å². The van der Waals surface area contributed by atoms with Crippen molar-refractivity contribution in [3.63, 3.8) is 0 Å². The number of phenols is 1. The minimum atomic E-state index is -0.595. The molecule has 2 heterocycles. The van der Waals surface area contributed by atoms with E-state index in [1.807, 2.05) is 17.0 Å². The monoisotopic (exact) mass is 396 g/mol. The van der Waals surface area contributed by atoms with Gasteiger partial charge in [-0.15, -0.1) is 0 Å². The van der Waals surface area contributed by atoms with Crippen LogP contribution in [-0.2, 0) is 28.0 Å². The number of phenolic OH excluding ortho intramolecular Hbond substituents is 1. The number of methoxy groups -OCH3 is 1. The molecular formula is C23H28N2O4. The highest BCUT2D eigenvalue weighted by molar-refractivity contribution is 5.82. The van der Waals surface area contributed by atoms with Gasteiger partial charge < -0.3 is 25.2 Å². The highest BCUT2D eigenvalue weighted by Gasteiger charge is 2.44. The molecule has 2 aromatic carbocycles. The highest BCUT2D eigenvalue weighted by atomic mass is 16.5. The highest BCUT2D eigenvalue weighted by Crippen LogP contribution is 2.45. The van der Waals surface area contributed by atoms with Crippen LogP contribution in [0.2, 0.25) is 0 Å². The molecule has 1 atom stereocenters. The van der Waals surface area contributed by atoms with Crippen molar-refractivity contribution >= 4 is 5.91 Å². The summed E-state index contributed by atoms with van der Waals surface area (Å²) in [6.45, 7) is 1.91. The first-order valence-corrected chi connectivity index (χ1v) is 10.1. The SMILES string of the molecule is COc1cccc2c1C1(CCN(C(=O)[C@H](N)Cc3ccc(O)cc3)CC1)OCC2. The third kappa shape index (κ3) is 3.82. The van der Waals surface area contributed by atoms with Crippen molar-refractivity contribution in [3.8, 4) is 11.5 Å². The Morgan fingerprint density at radius 1 is 1.24 bits per heavy atom. The number of piperidine rings is 1. The number of fused-ring (bicyclic) bond motifs is 2. The van der Waals surface area contributed by atoms with E-state index in [1.54, 1.807) is 31.4 Å². The summed E-state index contributed by atoms with van der Waals surface area (Å²) < 4.78 is 11.9. The van der Waals surface area contributed by atoms with E-state index in [2.05, 4.69) is 6.07 Å². The molecule has 1 amide bonds. The van der Waals surface area contributed by atoms with Gasteiger partial charge in [0.2, 0.25) is 5.91 Å². The van der Waals surface area contributed by atoms with E-state index in [-0.39, 0.29) is 11.7 Å². The zero-order valence-corrected chi connectivity index (χ0v) is 16.8. The third-order valence-corrected chi connectivity index (χ3v) is 6.13. The molecule has 0 radical (unpaired) electrons. The number of amides is 1. The smallest absolute Gasteiger partial charge is 0.239 e. The fourth-order valence-corrected chi connectivity index (χ4v) is 4.59. The Labute approximate surface area is 171 Å². The zero-order valence-electron chi connectivity index (χ0n) is 16.8. The fourth-order valence-electron chi connectivity index (χ4n) is 4.59. The van der Waals surface area contributed by atoms with E-state index in [0.717, 1.165) is 36.1 Å². The molecule has 0 bridgehead atoms. The molecule has 0 unspecified atom stereocenters. The Morgan fingerprint density at radius 3 is 2.66 bits per heavy atom. The second-order valence-electron chi connectivity index (χ2n) is 7.89. The number of aromatic hydroxyl groups is 1. The molecule has 2 aliphatic rings. The van der Waals surface area contributed by atoms with Crippen molar-refractivity contribution in [1.82, 2.24) is 4.90 Å². The molecule has 1 saturated heterocycles. The molecule has 6 heteroatoms. The van der Waals surface area contributed by atoms with Gasteiger partial charge in [-0.3, -0.25) is 4.79 Å². The second kappa shape index (κ2) is 8.05. The van der Waals surface area contributed by atoms with Crippen molar-refractivity contribution in [2.24, 2.45) is 5.73 Å². The minimum absolute atomic E-state index is 0.0380. The molecule has 0 aliphatic carbocycles. The van der Waals surface area contributed by atoms with Gasteiger partial charge in [0.15, 0.2) is 0 Å². The minimum Gasteiger partial charge on any atom is -0.508 e. The number of rotatable bonds is 4. The first kappa shape index (κ1) is 19.7. The van der Waals surface area contributed by atoms with Crippen LogP contribution in [0.3, 0.4) is 0 Å². The molecule has 0 aromatic heterocycles. The van der Waals surface area contributed by atoms with Crippen LogP contribution in [0.5, 0.6) is 11.5 Å². The van der Waals surface area contributed by atoms with E-state index in [4.69, 9.17) is 15.2 Å².